The van der Waals surface area contributed by atoms with E-state index in [1.807, 2.05) is 18.7 Å². The van der Waals surface area contributed by atoms with Crippen LogP contribution < -0.4 is 0 Å². The quantitative estimate of drug-likeness (QED) is 0.667. The predicted octanol–water partition coefficient (Wildman–Crippen LogP) is 1.16. The van der Waals surface area contributed by atoms with Crippen molar-refractivity contribution < 1.29 is 9.59 Å². The van der Waals surface area contributed by atoms with Gasteiger partial charge in [-0.2, -0.15) is 0 Å². The minimum atomic E-state index is -0.663. The molecule has 1 heterocycles. The van der Waals surface area contributed by atoms with Crippen LogP contribution in [0, 0.1) is 16.7 Å². The summed E-state index contributed by atoms with van der Waals surface area (Å²) in [6, 6.07) is 0. The van der Waals surface area contributed by atoms with Gasteiger partial charge in [-0.3, -0.25) is 9.59 Å². The van der Waals surface area contributed by atoms with Crippen LogP contribution in [-0.2, 0) is 9.59 Å². The second-order valence-corrected chi connectivity index (χ2v) is 7.17. The third kappa shape index (κ3) is 1.69. The molecule has 0 radical (unpaired) electrons. The molecule has 0 aromatic heterocycles. The first kappa shape index (κ1) is 13.1. The second-order valence-electron chi connectivity index (χ2n) is 7.17. The Hall–Kier alpha value is -0.900. The van der Waals surface area contributed by atoms with Gasteiger partial charge in [0.15, 0.2) is 5.78 Å². The standard InChI is InChI=1S/C15H24N2O2/c1-14(2)11-4-5-15(10-11,12(14)18)13(19)17-8-6-16(3)7-9-17/h11H,4-10H2,1-3H3/t11-,15+/m0/s1. The minimum Gasteiger partial charge on any atom is -0.339 e. The van der Waals surface area contributed by atoms with Gasteiger partial charge in [0, 0.05) is 31.6 Å². The van der Waals surface area contributed by atoms with E-state index >= 15 is 0 Å². The maximum Gasteiger partial charge on any atom is 0.236 e. The summed E-state index contributed by atoms with van der Waals surface area (Å²) in [4.78, 5) is 29.7. The highest BCUT2D eigenvalue weighted by Gasteiger charge is 2.65. The average molecular weight is 264 g/mol. The molecule has 0 spiro atoms. The summed E-state index contributed by atoms with van der Waals surface area (Å²) < 4.78 is 0. The molecule has 2 atom stereocenters. The minimum absolute atomic E-state index is 0.124. The lowest BCUT2D eigenvalue weighted by atomic mass is 9.70. The van der Waals surface area contributed by atoms with E-state index in [0.29, 0.717) is 5.92 Å². The van der Waals surface area contributed by atoms with Crippen molar-refractivity contribution in [2.45, 2.75) is 33.1 Å². The molecular formula is C15H24N2O2. The Morgan fingerprint density at radius 1 is 1.21 bits per heavy atom. The molecule has 1 saturated heterocycles. The number of ketones is 1. The number of carbonyl (C=O) groups is 2. The van der Waals surface area contributed by atoms with Gasteiger partial charge in [-0.05, 0) is 32.2 Å². The number of fused-ring (bicyclic) bond motifs is 2. The molecule has 1 aliphatic heterocycles. The first-order valence-corrected chi connectivity index (χ1v) is 7.41. The molecule has 2 saturated carbocycles. The molecule has 2 aliphatic carbocycles. The number of hydrogen-bond donors (Lipinski definition) is 0. The molecule has 0 aromatic rings. The van der Waals surface area contributed by atoms with Crippen LogP contribution in [0.4, 0.5) is 0 Å². The summed E-state index contributed by atoms with van der Waals surface area (Å²) in [5.74, 6) is 0.746. The van der Waals surface area contributed by atoms with Crippen molar-refractivity contribution in [3.05, 3.63) is 0 Å². The van der Waals surface area contributed by atoms with Crippen LogP contribution >= 0.6 is 0 Å². The summed E-state index contributed by atoms with van der Waals surface area (Å²) in [7, 11) is 2.08. The maximum absolute atomic E-state index is 12.9. The topological polar surface area (TPSA) is 40.6 Å². The molecule has 1 amide bonds. The fraction of sp³-hybridized carbons (Fsp3) is 0.867. The van der Waals surface area contributed by atoms with Gasteiger partial charge >= 0.3 is 0 Å². The molecule has 106 valence electrons. The van der Waals surface area contributed by atoms with Gasteiger partial charge in [0.2, 0.25) is 5.91 Å². The van der Waals surface area contributed by atoms with Crippen molar-refractivity contribution in [1.29, 1.82) is 0 Å². The van der Waals surface area contributed by atoms with Gasteiger partial charge in [-0.15, -0.1) is 0 Å². The molecule has 0 N–H and O–H groups in total. The second kappa shape index (κ2) is 4.05. The smallest absolute Gasteiger partial charge is 0.236 e. The van der Waals surface area contributed by atoms with Crippen LogP contribution in [0.3, 0.4) is 0 Å². The Morgan fingerprint density at radius 2 is 1.84 bits per heavy atom. The normalized spacial score (nSPS) is 37.9. The molecule has 19 heavy (non-hydrogen) atoms. The Balaban J connectivity index is 1.82. The maximum atomic E-state index is 12.9. The third-order valence-electron chi connectivity index (χ3n) is 5.75. The largest absolute Gasteiger partial charge is 0.339 e. The van der Waals surface area contributed by atoms with Crippen molar-refractivity contribution in [3.63, 3.8) is 0 Å². The summed E-state index contributed by atoms with van der Waals surface area (Å²) in [5, 5.41) is 0. The molecular weight excluding hydrogens is 240 g/mol. The van der Waals surface area contributed by atoms with Gasteiger partial charge in [-0.1, -0.05) is 13.8 Å². The van der Waals surface area contributed by atoms with Crippen molar-refractivity contribution in [2.24, 2.45) is 16.7 Å². The first-order chi connectivity index (χ1) is 8.88. The Morgan fingerprint density at radius 3 is 2.37 bits per heavy atom. The summed E-state index contributed by atoms with van der Waals surface area (Å²) in [6.07, 6.45) is 2.62. The number of piperazine rings is 1. The lowest BCUT2D eigenvalue weighted by molar-refractivity contribution is -0.152. The number of nitrogens with zero attached hydrogens (tertiary/aromatic N) is 2. The van der Waals surface area contributed by atoms with E-state index < -0.39 is 5.41 Å². The van der Waals surface area contributed by atoms with Crippen molar-refractivity contribution >= 4 is 11.7 Å². The Labute approximate surface area is 115 Å². The van der Waals surface area contributed by atoms with Crippen LogP contribution in [0.5, 0.6) is 0 Å². The van der Waals surface area contributed by atoms with E-state index in [9.17, 15) is 9.59 Å². The van der Waals surface area contributed by atoms with Crippen molar-refractivity contribution in [3.8, 4) is 0 Å². The van der Waals surface area contributed by atoms with E-state index in [1.165, 1.54) is 0 Å². The predicted molar refractivity (Wildman–Crippen MR) is 72.6 cm³/mol. The number of amides is 1. The summed E-state index contributed by atoms with van der Waals surface area (Å²) >= 11 is 0. The summed E-state index contributed by atoms with van der Waals surface area (Å²) in [6.45, 7) is 7.44. The lowest BCUT2D eigenvalue weighted by Crippen LogP contribution is -2.54. The van der Waals surface area contributed by atoms with E-state index in [2.05, 4.69) is 11.9 Å². The molecule has 2 bridgehead atoms. The molecule has 3 aliphatic rings. The van der Waals surface area contributed by atoms with Crippen LogP contribution in [0.15, 0.2) is 0 Å². The van der Waals surface area contributed by atoms with Crippen molar-refractivity contribution in [2.75, 3.05) is 33.2 Å². The molecule has 4 heteroatoms. The lowest BCUT2D eigenvalue weighted by Gasteiger charge is -2.39. The monoisotopic (exact) mass is 264 g/mol. The van der Waals surface area contributed by atoms with Crippen molar-refractivity contribution in [1.82, 2.24) is 9.80 Å². The Bertz CT molecular complexity index is 424. The van der Waals surface area contributed by atoms with E-state index in [4.69, 9.17) is 0 Å². The van der Waals surface area contributed by atoms with Crippen LogP contribution in [0.2, 0.25) is 0 Å². The van der Waals surface area contributed by atoms with Gasteiger partial charge < -0.3 is 9.80 Å². The zero-order valence-corrected chi connectivity index (χ0v) is 12.2. The number of hydrogen-bond acceptors (Lipinski definition) is 3. The first-order valence-electron chi connectivity index (χ1n) is 7.41. The third-order valence-corrected chi connectivity index (χ3v) is 5.75. The van der Waals surface area contributed by atoms with Gasteiger partial charge in [0.25, 0.3) is 0 Å². The van der Waals surface area contributed by atoms with E-state index in [-0.39, 0.29) is 17.1 Å². The number of Topliss-reactive ketones (excluding diaryl/α,β-unsaturated/α-hetero) is 1. The average Bonchev–Trinajstić information content (AvgIpc) is 2.90. The molecule has 0 aromatic carbocycles. The van der Waals surface area contributed by atoms with Crippen LogP contribution in [0.25, 0.3) is 0 Å². The van der Waals surface area contributed by atoms with Gasteiger partial charge in [-0.25, -0.2) is 0 Å². The highest BCUT2D eigenvalue weighted by Crippen LogP contribution is 2.60. The SMILES string of the molecule is CN1CCN(C(=O)[C@]23CC[C@@H](C2)C(C)(C)C3=O)CC1. The zero-order chi connectivity index (χ0) is 13.8. The highest BCUT2D eigenvalue weighted by molar-refractivity contribution is 6.10. The Kier molecular flexibility index (Phi) is 2.79. The van der Waals surface area contributed by atoms with E-state index in [1.54, 1.807) is 0 Å². The molecule has 3 fully saturated rings. The fourth-order valence-electron chi connectivity index (χ4n) is 4.27. The van der Waals surface area contributed by atoms with Gasteiger partial charge in [0.05, 0.1) is 0 Å². The van der Waals surface area contributed by atoms with Crippen LogP contribution in [-0.4, -0.2) is 54.7 Å². The number of carbonyl (C=O) groups excluding carboxylic acids is 2. The summed E-state index contributed by atoms with van der Waals surface area (Å²) in [5.41, 5.74) is -0.954. The van der Waals surface area contributed by atoms with Crippen LogP contribution in [0.1, 0.15) is 33.1 Å². The number of rotatable bonds is 1. The fourth-order valence-corrected chi connectivity index (χ4v) is 4.27. The van der Waals surface area contributed by atoms with Gasteiger partial charge in [0.1, 0.15) is 5.41 Å². The highest BCUT2D eigenvalue weighted by atomic mass is 16.2. The molecule has 3 rings (SSSR count). The number of likely N-dealkylation sites (N-methyl/N-ethyl adjacent to an activating group) is 1. The molecule has 4 nitrogen and oxygen atoms in total. The molecule has 0 unspecified atom stereocenters. The zero-order valence-electron chi connectivity index (χ0n) is 12.2. The van der Waals surface area contributed by atoms with E-state index in [0.717, 1.165) is 45.4 Å².